The van der Waals surface area contributed by atoms with E-state index in [2.05, 4.69) is 15.8 Å². The van der Waals surface area contributed by atoms with Gasteiger partial charge in [0.15, 0.2) is 0 Å². The fourth-order valence-corrected chi connectivity index (χ4v) is 5.03. The molecule has 5 heteroatoms. The normalized spacial score (nSPS) is 32.0. The van der Waals surface area contributed by atoms with Crippen molar-refractivity contribution in [3.05, 3.63) is 24.3 Å². The van der Waals surface area contributed by atoms with E-state index >= 15 is 0 Å². The first kappa shape index (κ1) is 15.5. The van der Waals surface area contributed by atoms with Crippen molar-refractivity contribution in [2.24, 2.45) is 28.8 Å². The minimum Gasteiger partial charge on any atom is -0.497 e. The van der Waals surface area contributed by atoms with Gasteiger partial charge in [0.05, 0.1) is 13.7 Å². The van der Waals surface area contributed by atoms with Gasteiger partial charge in [-0.2, -0.15) is 5.10 Å². The molecule has 4 unspecified atom stereocenters. The van der Waals surface area contributed by atoms with Crippen LogP contribution in [-0.2, 0) is 4.79 Å². The molecule has 5 nitrogen and oxygen atoms in total. The number of hydrogen-bond donors (Lipinski definition) is 2. The van der Waals surface area contributed by atoms with Gasteiger partial charge in [0.25, 0.3) is 5.91 Å². The predicted molar refractivity (Wildman–Crippen MR) is 94.1 cm³/mol. The molecule has 4 rings (SSSR count). The maximum Gasteiger partial charge on any atom is 0.259 e. The summed E-state index contributed by atoms with van der Waals surface area (Å²) in [6.07, 6.45) is 6.54. The summed E-state index contributed by atoms with van der Waals surface area (Å²) in [6.45, 7) is 0.212. The van der Waals surface area contributed by atoms with Gasteiger partial charge in [-0.05, 0) is 55.6 Å². The lowest BCUT2D eigenvalue weighted by molar-refractivity contribution is -0.119. The van der Waals surface area contributed by atoms with Gasteiger partial charge in [-0.1, -0.05) is 12.5 Å². The van der Waals surface area contributed by atoms with Crippen LogP contribution in [0.25, 0.3) is 0 Å². The van der Waals surface area contributed by atoms with E-state index in [1.807, 2.05) is 24.3 Å². The summed E-state index contributed by atoms with van der Waals surface area (Å²) < 4.78 is 5.18. The SMILES string of the molecule is COc1cccc(NCC(=O)NN=C2CC3CC2C2CCCC32)c1. The van der Waals surface area contributed by atoms with Crippen LogP contribution in [0.1, 0.15) is 32.1 Å². The number of nitrogens with zero attached hydrogens (tertiary/aromatic N) is 1. The lowest BCUT2D eigenvalue weighted by atomic mass is 9.81. The molecule has 0 radical (unpaired) electrons. The maximum atomic E-state index is 12.0. The molecule has 1 aromatic carbocycles. The van der Waals surface area contributed by atoms with Gasteiger partial charge in [0.2, 0.25) is 0 Å². The van der Waals surface area contributed by atoms with E-state index in [9.17, 15) is 4.79 Å². The van der Waals surface area contributed by atoms with E-state index in [1.165, 1.54) is 31.4 Å². The van der Waals surface area contributed by atoms with E-state index in [0.29, 0.717) is 5.92 Å². The molecule has 0 saturated heterocycles. The Hall–Kier alpha value is -2.04. The largest absolute Gasteiger partial charge is 0.497 e. The van der Waals surface area contributed by atoms with Crippen LogP contribution >= 0.6 is 0 Å². The average molecular weight is 327 g/mol. The number of anilines is 1. The molecule has 1 amide bonds. The molecule has 3 aliphatic rings. The van der Waals surface area contributed by atoms with Crippen molar-refractivity contribution in [2.75, 3.05) is 19.0 Å². The highest BCUT2D eigenvalue weighted by atomic mass is 16.5. The molecular formula is C19H25N3O2. The highest BCUT2D eigenvalue weighted by Gasteiger charge is 2.52. The van der Waals surface area contributed by atoms with Gasteiger partial charge in [0.1, 0.15) is 5.75 Å². The maximum absolute atomic E-state index is 12.0. The smallest absolute Gasteiger partial charge is 0.259 e. The zero-order valence-electron chi connectivity index (χ0n) is 14.1. The number of ether oxygens (including phenoxy) is 1. The van der Waals surface area contributed by atoms with Gasteiger partial charge in [-0.3, -0.25) is 4.79 Å². The number of methoxy groups -OCH3 is 1. The number of hydrogen-bond acceptors (Lipinski definition) is 4. The predicted octanol–water partition coefficient (Wildman–Crippen LogP) is 3.04. The van der Waals surface area contributed by atoms with Gasteiger partial charge in [0, 0.05) is 23.4 Å². The van der Waals surface area contributed by atoms with Crippen LogP contribution < -0.4 is 15.5 Å². The van der Waals surface area contributed by atoms with E-state index in [1.54, 1.807) is 7.11 Å². The van der Waals surface area contributed by atoms with E-state index < -0.39 is 0 Å². The molecule has 0 heterocycles. The average Bonchev–Trinajstić information content (AvgIpc) is 3.31. The molecule has 24 heavy (non-hydrogen) atoms. The fourth-order valence-electron chi connectivity index (χ4n) is 5.03. The minimum atomic E-state index is -0.101. The summed E-state index contributed by atoms with van der Waals surface area (Å²) in [4.78, 5) is 12.0. The van der Waals surface area contributed by atoms with Crippen molar-refractivity contribution in [3.63, 3.8) is 0 Å². The first-order valence-electron chi connectivity index (χ1n) is 8.98. The Kier molecular flexibility index (Phi) is 4.17. The Morgan fingerprint density at radius 2 is 2.21 bits per heavy atom. The van der Waals surface area contributed by atoms with E-state index in [-0.39, 0.29) is 12.5 Å². The number of amides is 1. The highest BCUT2D eigenvalue weighted by molar-refractivity contribution is 5.92. The van der Waals surface area contributed by atoms with Crippen molar-refractivity contribution >= 4 is 17.3 Å². The van der Waals surface area contributed by atoms with E-state index in [4.69, 9.17) is 4.74 Å². The molecule has 4 atom stereocenters. The molecule has 0 aliphatic heterocycles. The Morgan fingerprint density at radius 3 is 3.08 bits per heavy atom. The number of carbonyl (C=O) groups is 1. The van der Waals surface area contributed by atoms with Crippen molar-refractivity contribution in [3.8, 4) is 5.75 Å². The lowest BCUT2D eigenvalue weighted by Crippen LogP contribution is -2.30. The number of benzene rings is 1. The minimum absolute atomic E-state index is 0.101. The van der Waals surface area contributed by atoms with Gasteiger partial charge < -0.3 is 10.1 Å². The Labute approximate surface area is 142 Å². The van der Waals surface area contributed by atoms with Crippen LogP contribution in [0.2, 0.25) is 0 Å². The summed E-state index contributed by atoms with van der Waals surface area (Å²) in [5.41, 5.74) is 4.84. The zero-order chi connectivity index (χ0) is 16.5. The number of nitrogens with one attached hydrogen (secondary N) is 2. The Balaban J connectivity index is 1.29. The monoisotopic (exact) mass is 327 g/mol. The second-order valence-electron chi connectivity index (χ2n) is 7.29. The molecule has 1 aromatic rings. The molecular weight excluding hydrogens is 302 g/mol. The summed E-state index contributed by atoms with van der Waals surface area (Å²) in [7, 11) is 1.63. The molecule has 0 spiro atoms. The Bertz CT molecular complexity index is 658. The summed E-state index contributed by atoms with van der Waals surface area (Å²) in [5, 5.41) is 7.57. The first-order valence-corrected chi connectivity index (χ1v) is 8.98. The van der Waals surface area contributed by atoms with Crippen LogP contribution in [0.15, 0.2) is 29.4 Å². The summed E-state index contributed by atoms with van der Waals surface area (Å²) in [6, 6.07) is 7.56. The highest BCUT2D eigenvalue weighted by Crippen LogP contribution is 2.57. The number of rotatable bonds is 5. The third-order valence-corrected chi connectivity index (χ3v) is 6.05. The molecule has 3 aliphatic carbocycles. The third kappa shape index (κ3) is 2.87. The van der Waals surface area contributed by atoms with Gasteiger partial charge >= 0.3 is 0 Å². The van der Waals surface area contributed by atoms with Crippen molar-refractivity contribution in [1.29, 1.82) is 0 Å². The van der Waals surface area contributed by atoms with Gasteiger partial charge in [-0.25, -0.2) is 5.43 Å². The molecule has 3 fully saturated rings. The van der Waals surface area contributed by atoms with Crippen LogP contribution in [0.5, 0.6) is 5.75 Å². The quantitative estimate of drug-likeness (QED) is 0.817. The molecule has 128 valence electrons. The van der Waals surface area contributed by atoms with Crippen LogP contribution in [0, 0.1) is 23.7 Å². The van der Waals surface area contributed by atoms with Crippen LogP contribution in [-0.4, -0.2) is 25.3 Å². The number of hydrazone groups is 1. The molecule has 2 N–H and O–H groups in total. The van der Waals surface area contributed by atoms with Gasteiger partial charge in [-0.15, -0.1) is 0 Å². The fraction of sp³-hybridized carbons (Fsp3) is 0.579. The summed E-state index contributed by atoms with van der Waals surface area (Å²) >= 11 is 0. The molecule has 3 saturated carbocycles. The van der Waals surface area contributed by atoms with Crippen molar-refractivity contribution < 1.29 is 9.53 Å². The summed E-state index contributed by atoms with van der Waals surface area (Å²) in [5.74, 6) is 3.92. The van der Waals surface area contributed by atoms with E-state index in [0.717, 1.165) is 35.6 Å². The number of carbonyl (C=O) groups excluding carboxylic acids is 1. The third-order valence-electron chi connectivity index (χ3n) is 6.05. The van der Waals surface area contributed by atoms with Crippen molar-refractivity contribution in [2.45, 2.75) is 32.1 Å². The lowest BCUT2D eigenvalue weighted by Gasteiger charge is -2.25. The topological polar surface area (TPSA) is 62.7 Å². The second-order valence-corrected chi connectivity index (χ2v) is 7.29. The molecule has 0 aromatic heterocycles. The second kappa shape index (κ2) is 6.46. The zero-order valence-corrected chi connectivity index (χ0v) is 14.1. The standard InChI is InChI=1S/C19H25N3O2/c1-24-14-5-2-4-13(10-14)20-11-19(23)22-21-18-9-12-8-17(18)16-7-3-6-15(12)16/h2,4-5,10,12,15-17,20H,3,6-9,11H2,1H3,(H,22,23). The Morgan fingerprint density at radius 1 is 1.33 bits per heavy atom. The first-order chi connectivity index (χ1) is 11.7. The van der Waals surface area contributed by atoms with Crippen molar-refractivity contribution in [1.82, 2.24) is 5.43 Å². The van der Waals surface area contributed by atoms with Crippen LogP contribution in [0.4, 0.5) is 5.69 Å². The van der Waals surface area contributed by atoms with Crippen LogP contribution in [0.3, 0.4) is 0 Å². The molecule has 2 bridgehead atoms. The number of fused-ring (bicyclic) bond motifs is 5.